The van der Waals surface area contributed by atoms with E-state index >= 15 is 0 Å². The van der Waals surface area contributed by atoms with Gasteiger partial charge in [-0.25, -0.2) is 4.79 Å². The molecule has 1 aliphatic rings. The van der Waals surface area contributed by atoms with Crippen molar-refractivity contribution in [3.63, 3.8) is 0 Å². The van der Waals surface area contributed by atoms with Crippen molar-refractivity contribution >= 4 is 41.0 Å². The van der Waals surface area contributed by atoms with Crippen molar-refractivity contribution in [3.8, 4) is 0 Å². The molecule has 3 rings (SSSR count). The number of hydrogen-bond acceptors (Lipinski definition) is 4. The summed E-state index contributed by atoms with van der Waals surface area (Å²) in [5, 5.41) is 3.47. The minimum Gasteiger partial charge on any atom is -0.459 e. The van der Waals surface area contributed by atoms with Crippen LogP contribution in [-0.2, 0) is 0 Å². The summed E-state index contributed by atoms with van der Waals surface area (Å²) in [6.45, 7) is 1.87. The molecule has 0 spiro atoms. The summed E-state index contributed by atoms with van der Waals surface area (Å²) < 4.78 is 5.14. The first-order valence-corrected chi connectivity index (χ1v) is 9.41. The highest BCUT2D eigenvalue weighted by atomic mass is 35.5. The topological polar surface area (TPSA) is 65.8 Å². The van der Waals surface area contributed by atoms with Crippen LogP contribution in [0.5, 0.6) is 0 Å². The third kappa shape index (κ3) is 4.11. The maximum absolute atomic E-state index is 12.5. The minimum atomic E-state index is -0.192. The largest absolute Gasteiger partial charge is 0.459 e. The molecule has 1 aromatic heterocycles. The van der Waals surface area contributed by atoms with Crippen LogP contribution in [0, 0.1) is 0 Å². The molecule has 132 valence electrons. The Morgan fingerprint density at radius 1 is 1.16 bits per heavy atom. The molecule has 0 saturated carbocycles. The molecule has 3 amide bonds. The van der Waals surface area contributed by atoms with Gasteiger partial charge in [0.15, 0.2) is 5.76 Å². The zero-order chi connectivity index (χ0) is 17.8. The molecule has 0 bridgehead atoms. The molecule has 6 nitrogen and oxygen atoms in total. The lowest BCUT2D eigenvalue weighted by Crippen LogP contribution is -2.51. The van der Waals surface area contributed by atoms with Crippen LogP contribution < -0.4 is 5.32 Å². The third-order valence-electron chi connectivity index (χ3n) is 3.99. The Hall–Kier alpha value is -2.12. The number of nitrogens with zero attached hydrogens (tertiary/aromatic N) is 2. The maximum Gasteiger partial charge on any atom is 0.321 e. The molecule has 1 aliphatic heterocycles. The van der Waals surface area contributed by atoms with Crippen LogP contribution in [0.4, 0.5) is 10.5 Å². The first-order chi connectivity index (χ1) is 12.1. The van der Waals surface area contributed by atoms with Crippen LogP contribution in [0.25, 0.3) is 0 Å². The van der Waals surface area contributed by atoms with Crippen LogP contribution in [0.1, 0.15) is 10.6 Å². The summed E-state index contributed by atoms with van der Waals surface area (Å²) in [6.07, 6.45) is 3.42. The Morgan fingerprint density at radius 3 is 2.52 bits per heavy atom. The predicted octanol–water partition coefficient (Wildman–Crippen LogP) is 3.64. The van der Waals surface area contributed by atoms with Crippen molar-refractivity contribution in [1.29, 1.82) is 0 Å². The van der Waals surface area contributed by atoms with Gasteiger partial charge in [0.25, 0.3) is 5.91 Å². The number of nitrogens with one attached hydrogen (secondary N) is 1. The van der Waals surface area contributed by atoms with E-state index in [4.69, 9.17) is 16.0 Å². The van der Waals surface area contributed by atoms with E-state index in [0.717, 1.165) is 4.90 Å². The van der Waals surface area contributed by atoms with E-state index in [1.807, 2.05) is 12.3 Å². The number of carbonyl (C=O) groups is 2. The van der Waals surface area contributed by atoms with Crippen LogP contribution in [0.15, 0.2) is 45.9 Å². The fourth-order valence-corrected chi connectivity index (χ4v) is 3.35. The fraction of sp³-hybridized carbons (Fsp3) is 0.294. The predicted molar refractivity (Wildman–Crippen MR) is 98.4 cm³/mol. The van der Waals surface area contributed by atoms with Crippen LogP contribution in [0.3, 0.4) is 0 Å². The smallest absolute Gasteiger partial charge is 0.321 e. The number of rotatable bonds is 3. The number of halogens is 1. The molecule has 0 aliphatic carbocycles. The van der Waals surface area contributed by atoms with Gasteiger partial charge < -0.3 is 19.5 Å². The van der Waals surface area contributed by atoms with Gasteiger partial charge in [0.1, 0.15) is 0 Å². The molecule has 25 heavy (non-hydrogen) atoms. The average molecular weight is 380 g/mol. The van der Waals surface area contributed by atoms with Crippen LogP contribution in [-0.4, -0.2) is 54.2 Å². The number of amides is 3. The second kappa shape index (κ2) is 7.84. The number of carbonyl (C=O) groups excluding carboxylic acids is 2. The number of benzene rings is 1. The van der Waals surface area contributed by atoms with E-state index < -0.39 is 0 Å². The molecule has 0 radical (unpaired) electrons. The monoisotopic (exact) mass is 379 g/mol. The summed E-state index contributed by atoms with van der Waals surface area (Å²) in [6, 6.07) is 8.55. The Kier molecular flexibility index (Phi) is 5.55. The van der Waals surface area contributed by atoms with E-state index in [0.29, 0.717) is 42.6 Å². The normalized spacial score (nSPS) is 14.5. The molecule has 2 aromatic rings. The standard InChI is InChI=1S/C17H18ClN3O3S/c1-25-15-5-4-12(18)11-13(15)19-17(23)21-8-6-20(7-9-21)16(22)14-3-2-10-24-14/h2-5,10-11H,6-9H2,1H3,(H,19,23). The van der Waals surface area contributed by atoms with Gasteiger partial charge in [-0.2, -0.15) is 0 Å². The Balaban J connectivity index is 1.59. The summed E-state index contributed by atoms with van der Waals surface area (Å²) in [4.78, 5) is 29.1. The summed E-state index contributed by atoms with van der Waals surface area (Å²) in [7, 11) is 0. The second-order valence-corrected chi connectivity index (χ2v) is 6.82. The molecule has 8 heteroatoms. The summed E-state index contributed by atoms with van der Waals surface area (Å²) in [5.74, 6) is 0.172. The molecular weight excluding hydrogens is 362 g/mol. The van der Waals surface area contributed by atoms with Gasteiger partial charge in [0, 0.05) is 36.1 Å². The lowest BCUT2D eigenvalue weighted by atomic mass is 10.3. The highest BCUT2D eigenvalue weighted by Crippen LogP contribution is 2.28. The van der Waals surface area contributed by atoms with E-state index in [1.54, 1.807) is 45.8 Å². The molecule has 0 unspecified atom stereocenters. The van der Waals surface area contributed by atoms with Crippen molar-refractivity contribution < 1.29 is 14.0 Å². The zero-order valence-electron chi connectivity index (χ0n) is 13.7. The van der Waals surface area contributed by atoms with Crippen LogP contribution in [0.2, 0.25) is 5.02 Å². The van der Waals surface area contributed by atoms with Crippen molar-refractivity contribution in [3.05, 3.63) is 47.4 Å². The van der Waals surface area contributed by atoms with E-state index in [9.17, 15) is 9.59 Å². The number of anilines is 1. The lowest BCUT2D eigenvalue weighted by molar-refractivity contribution is 0.0640. The summed E-state index contributed by atoms with van der Waals surface area (Å²) in [5.41, 5.74) is 0.694. The van der Waals surface area contributed by atoms with E-state index in [-0.39, 0.29) is 11.9 Å². The molecular formula is C17H18ClN3O3S. The average Bonchev–Trinajstić information content (AvgIpc) is 3.16. The molecule has 0 atom stereocenters. The summed E-state index contributed by atoms with van der Waals surface area (Å²) >= 11 is 7.56. The van der Waals surface area contributed by atoms with Crippen LogP contribution >= 0.6 is 23.4 Å². The van der Waals surface area contributed by atoms with Crippen molar-refractivity contribution in [1.82, 2.24) is 9.80 Å². The van der Waals surface area contributed by atoms with Gasteiger partial charge in [-0.05, 0) is 36.6 Å². The van der Waals surface area contributed by atoms with Gasteiger partial charge in [-0.15, -0.1) is 11.8 Å². The van der Waals surface area contributed by atoms with Gasteiger partial charge in [0.2, 0.25) is 0 Å². The molecule has 1 aromatic carbocycles. The van der Waals surface area contributed by atoms with E-state index in [1.165, 1.54) is 6.26 Å². The number of furan rings is 1. The third-order valence-corrected chi connectivity index (χ3v) is 5.02. The first-order valence-electron chi connectivity index (χ1n) is 7.80. The Labute approximate surface area is 155 Å². The highest BCUT2D eigenvalue weighted by molar-refractivity contribution is 7.98. The number of hydrogen-bond donors (Lipinski definition) is 1. The number of thioether (sulfide) groups is 1. The maximum atomic E-state index is 12.5. The molecule has 1 saturated heterocycles. The molecule has 1 fully saturated rings. The van der Waals surface area contributed by atoms with Crippen molar-refractivity contribution in [2.45, 2.75) is 4.90 Å². The quantitative estimate of drug-likeness (QED) is 0.827. The fourth-order valence-electron chi connectivity index (χ4n) is 2.64. The van der Waals surface area contributed by atoms with Crippen molar-refractivity contribution in [2.24, 2.45) is 0 Å². The number of piperazine rings is 1. The van der Waals surface area contributed by atoms with Gasteiger partial charge in [0.05, 0.1) is 12.0 Å². The Bertz CT molecular complexity index is 759. The second-order valence-electron chi connectivity index (χ2n) is 5.53. The number of urea groups is 1. The van der Waals surface area contributed by atoms with Gasteiger partial charge >= 0.3 is 6.03 Å². The zero-order valence-corrected chi connectivity index (χ0v) is 15.3. The minimum absolute atomic E-state index is 0.149. The lowest BCUT2D eigenvalue weighted by Gasteiger charge is -2.34. The van der Waals surface area contributed by atoms with Gasteiger partial charge in [-0.3, -0.25) is 4.79 Å². The Morgan fingerprint density at radius 2 is 1.88 bits per heavy atom. The van der Waals surface area contributed by atoms with Gasteiger partial charge in [-0.1, -0.05) is 11.6 Å². The molecule has 1 N–H and O–H groups in total. The first kappa shape index (κ1) is 17.7. The highest BCUT2D eigenvalue weighted by Gasteiger charge is 2.26. The molecule has 2 heterocycles. The van der Waals surface area contributed by atoms with Crippen molar-refractivity contribution in [2.75, 3.05) is 37.8 Å². The SMILES string of the molecule is CSc1ccc(Cl)cc1NC(=O)N1CCN(C(=O)c2ccco2)CC1. The van der Waals surface area contributed by atoms with E-state index in [2.05, 4.69) is 5.32 Å².